The van der Waals surface area contributed by atoms with Crippen LogP contribution in [0.3, 0.4) is 0 Å². The van der Waals surface area contributed by atoms with Gasteiger partial charge in [0.05, 0.1) is 6.54 Å². The Morgan fingerprint density at radius 1 is 1.33 bits per heavy atom. The van der Waals surface area contributed by atoms with Gasteiger partial charge in [-0.1, -0.05) is 30.3 Å². The Bertz CT molecular complexity index is 698. The van der Waals surface area contributed by atoms with Crippen LogP contribution in [-0.4, -0.2) is 26.8 Å². The van der Waals surface area contributed by atoms with Gasteiger partial charge in [0.2, 0.25) is 5.91 Å². The molecule has 1 aliphatic rings. The van der Waals surface area contributed by atoms with Gasteiger partial charge < -0.3 is 5.32 Å². The molecule has 0 atom stereocenters. The molecule has 1 amide bonds. The minimum atomic E-state index is -0.172. The number of rotatable bonds is 5. The van der Waals surface area contributed by atoms with Crippen molar-refractivity contribution in [2.75, 3.05) is 6.54 Å². The Balaban J connectivity index is 1.71. The molecule has 1 N–H and O–H groups in total. The molecule has 0 bridgehead atoms. The molecule has 6 heteroatoms. The zero-order valence-corrected chi connectivity index (χ0v) is 12.0. The maximum Gasteiger partial charge on any atom is 0.345 e. The van der Waals surface area contributed by atoms with Gasteiger partial charge in [-0.15, -0.1) is 5.10 Å². The van der Waals surface area contributed by atoms with Gasteiger partial charge in [0.25, 0.3) is 0 Å². The Labute approximate surface area is 122 Å². The van der Waals surface area contributed by atoms with Crippen LogP contribution < -0.4 is 11.0 Å². The summed E-state index contributed by atoms with van der Waals surface area (Å²) in [6.07, 6.45) is 1.96. The number of carbonyl (C=O) groups excluding carboxylic acids is 1. The lowest BCUT2D eigenvalue weighted by atomic mass is 10.2. The Hall–Kier alpha value is -2.37. The third kappa shape index (κ3) is 2.89. The van der Waals surface area contributed by atoms with Crippen LogP contribution in [0.1, 0.15) is 12.8 Å². The fraction of sp³-hybridized carbons (Fsp3) is 0.400. The van der Waals surface area contributed by atoms with E-state index < -0.39 is 0 Å². The van der Waals surface area contributed by atoms with Crippen LogP contribution in [0, 0.1) is 5.92 Å². The first-order valence-electron chi connectivity index (χ1n) is 7.14. The highest BCUT2D eigenvalue weighted by atomic mass is 16.2. The topological polar surface area (TPSA) is 68.9 Å². The number of hydrogen-bond donors (Lipinski definition) is 1. The van der Waals surface area contributed by atoms with Gasteiger partial charge >= 0.3 is 5.69 Å². The predicted molar refractivity (Wildman–Crippen MR) is 78.6 cm³/mol. The van der Waals surface area contributed by atoms with E-state index in [9.17, 15) is 9.59 Å². The second kappa shape index (κ2) is 5.55. The molecule has 6 nitrogen and oxygen atoms in total. The minimum Gasteiger partial charge on any atom is -0.354 e. The molecule has 21 heavy (non-hydrogen) atoms. The summed E-state index contributed by atoms with van der Waals surface area (Å²) in [5.74, 6) is 0.904. The third-order valence-electron chi connectivity index (χ3n) is 3.64. The molecule has 1 fully saturated rings. The lowest BCUT2D eigenvalue weighted by molar-refractivity contribution is -0.122. The highest BCUT2D eigenvalue weighted by Crippen LogP contribution is 2.28. The number of benzene rings is 1. The quantitative estimate of drug-likeness (QED) is 0.883. The first-order chi connectivity index (χ1) is 10.2. The van der Waals surface area contributed by atoms with Gasteiger partial charge in [-0.25, -0.2) is 9.48 Å². The van der Waals surface area contributed by atoms with Crippen molar-refractivity contribution in [2.24, 2.45) is 13.0 Å². The van der Waals surface area contributed by atoms with Crippen LogP contribution in [0.4, 0.5) is 0 Å². The molecule has 1 heterocycles. The number of aromatic nitrogens is 3. The van der Waals surface area contributed by atoms with Crippen molar-refractivity contribution >= 4 is 5.91 Å². The van der Waals surface area contributed by atoms with Crippen LogP contribution in [0.25, 0.3) is 11.4 Å². The van der Waals surface area contributed by atoms with E-state index in [1.54, 1.807) is 7.05 Å². The lowest BCUT2D eigenvalue weighted by Crippen LogP contribution is -2.32. The van der Waals surface area contributed by atoms with E-state index in [2.05, 4.69) is 10.4 Å². The Morgan fingerprint density at radius 2 is 2.05 bits per heavy atom. The smallest absolute Gasteiger partial charge is 0.345 e. The van der Waals surface area contributed by atoms with Crippen LogP contribution >= 0.6 is 0 Å². The van der Waals surface area contributed by atoms with Crippen molar-refractivity contribution in [2.45, 2.75) is 19.4 Å². The van der Waals surface area contributed by atoms with Gasteiger partial charge in [0.15, 0.2) is 5.82 Å². The molecule has 0 radical (unpaired) electrons. The summed E-state index contributed by atoms with van der Waals surface area (Å²) >= 11 is 0. The predicted octanol–water partition coefficient (Wildman–Crippen LogP) is 0.775. The summed E-state index contributed by atoms with van der Waals surface area (Å²) < 4.78 is 2.92. The molecule has 0 aliphatic heterocycles. The molecule has 0 unspecified atom stereocenters. The maximum atomic E-state index is 12.1. The van der Waals surface area contributed by atoms with Crippen molar-refractivity contribution in [3.05, 3.63) is 40.8 Å². The second-order valence-electron chi connectivity index (χ2n) is 5.32. The fourth-order valence-electron chi connectivity index (χ4n) is 2.25. The number of hydrogen-bond acceptors (Lipinski definition) is 3. The fourth-order valence-corrected chi connectivity index (χ4v) is 2.25. The van der Waals surface area contributed by atoms with Crippen molar-refractivity contribution in [1.82, 2.24) is 19.7 Å². The van der Waals surface area contributed by atoms with Gasteiger partial charge in [0, 0.05) is 25.1 Å². The molecule has 1 aromatic carbocycles. The standard InChI is InChI=1S/C15H18N4O2/c1-18-13(11-5-3-2-4-6-11)17-19(15(18)21)10-9-16-14(20)12-7-8-12/h2-6,12H,7-10H2,1H3,(H,16,20). The van der Waals surface area contributed by atoms with Gasteiger partial charge in [-0.05, 0) is 12.8 Å². The zero-order chi connectivity index (χ0) is 14.8. The SMILES string of the molecule is Cn1c(-c2ccccc2)nn(CCNC(=O)C2CC2)c1=O. The minimum absolute atomic E-state index is 0.0854. The Morgan fingerprint density at radius 3 is 2.71 bits per heavy atom. The molecule has 1 saturated carbocycles. The Kier molecular flexibility index (Phi) is 3.60. The van der Waals surface area contributed by atoms with Crippen LogP contribution in [0.2, 0.25) is 0 Å². The van der Waals surface area contributed by atoms with E-state index in [-0.39, 0.29) is 17.5 Å². The second-order valence-corrected chi connectivity index (χ2v) is 5.32. The van der Waals surface area contributed by atoms with E-state index in [0.717, 1.165) is 18.4 Å². The van der Waals surface area contributed by atoms with E-state index in [1.165, 1.54) is 9.25 Å². The van der Waals surface area contributed by atoms with E-state index in [4.69, 9.17) is 0 Å². The van der Waals surface area contributed by atoms with E-state index in [0.29, 0.717) is 18.9 Å². The summed E-state index contributed by atoms with van der Waals surface area (Å²) in [4.78, 5) is 23.7. The van der Waals surface area contributed by atoms with Crippen LogP contribution in [0.15, 0.2) is 35.1 Å². The van der Waals surface area contributed by atoms with Crippen LogP contribution in [-0.2, 0) is 18.4 Å². The highest BCUT2D eigenvalue weighted by molar-refractivity contribution is 5.80. The van der Waals surface area contributed by atoms with Crippen LogP contribution in [0.5, 0.6) is 0 Å². The summed E-state index contributed by atoms with van der Waals surface area (Å²) in [6, 6.07) is 9.58. The molecule has 0 saturated heterocycles. The lowest BCUT2D eigenvalue weighted by Gasteiger charge is -2.02. The van der Waals surface area contributed by atoms with Crippen molar-refractivity contribution in [3.63, 3.8) is 0 Å². The molecular formula is C15H18N4O2. The molecular weight excluding hydrogens is 268 g/mol. The first kappa shape index (κ1) is 13.6. The van der Waals surface area contributed by atoms with Gasteiger partial charge in [-0.2, -0.15) is 0 Å². The summed E-state index contributed by atoms with van der Waals surface area (Å²) in [7, 11) is 1.71. The summed E-state index contributed by atoms with van der Waals surface area (Å²) in [6.45, 7) is 0.818. The number of amides is 1. The molecule has 3 rings (SSSR count). The summed E-state index contributed by atoms with van der Waals surface area (Å²) in [5, 5.41) is 7.19. The normalized spacial score (nSPS) is 14.1. The highest BCUT2D eigenvalue weighted by Gasteiger charge is 2.29. The average Bonchev–Trinajstić information content (AvgIpc) is 3.31. The van der Waals surface area contributed by atoms with Crippen molar-refractivity contribution in [3.8, 4) is 11.4 Å². The third-order valence-corrected chi connectivity index (χ3v) is 3.64. The van der Waals surface area contributed by atoms with Crippen molar-refractivity contribution in [1.29, 1.82) is 0 Å². The molecule has 1 aromatic heterocycles. The van der Waals surface area contributed by atoms with Crippen molar-refractivity contribution < 1.29 is 4.79 Å². The van der Waals surface area contributed by atoms with E-state index >= 15 is 0 Å². The number of nitrogens with zero attached hydrogens (tertiary/aromatic N) is 3. The number of carbonyl (C=O) groups is 1. The van der Waals surface area contributed by atoms with E-state index in [1.807, 2.05) is 30.3 Å². The maximum absolute atomic E-state index is 12.1. The number of nitrogens with one attached hydrogen (secondary N) is 1. The molecule has 0 spiro atoms. The average molecular weight is 286 g/mol. The van der Waals surface area contributed by atoms with Gasteiger partial charge in [-0.3, -0.25) is 9.36 Å². The summed E-state index contributed by atoms with van der Waals surface area (Å²) in [5.41, 5.74) is 0.729. The molecule has 2 aromatic rings. The largest absolute Gasteiger partial charge is 0.354 e. The van der Waals surface area contributed by atoms with Gasteiger partial charge in [0.1, 0.15) is 0 Å². The molecule has 1 aliphatic carbocycles. The molecule has 110 valence electrons. The first-order valence-corrected chi connectivity index (χ1v) is 7.14. The monoisotopic (exact) mass is 286 g/mol. The zero-order valence-electron chi connectivity index (χ0n) is 12.0.